The maximum Gasteiger partial charge on any atom is 0.243 e. The lowest BCUT2D eigenvalue weighted by atomic mass is 9.78. The molecule has 1 aromatic rings. The number of hydrogen-bond acceptors (Lipinski definition) is 3. The Morgan fingerprint density at radius 1 is 1.50 bits per heavy atom. The molecule has 1 fully saturated rings. The van der Waals surface area contributed by atoms with Crippen LogP contribution in [0.1, 0.15) is 13.3 Å². The number of anilines is 1. The van der Waals surface area contributed by atoms with E-state index in [2.05, 4.69) is 26.6 Å². The summed E-state index contributed by atoms with van der Waals surface area (Å²) in [6, 6.07) is 7.79. The van der Waals surface area contributed by atoms with E-state index in [1.165, 1.54) is 0 Å². The van der Waals surface area contributed by atoms with Gasteiger partial charge in [-0.3, -0.25) is 4.79 Å². The smallest absolute Gasteiger partial charge is 0.243 e. The zero-order valence-electron chi connectivity index (χ0n) is 10.4. The lowest BCUT2D eigenvalue weighted by Crippen LogP contribution is -2.61. The summed E-state index contributed by atoms with van der Waals surface area (Å²) in [7, 11) is 0. The molecule has 2 atom stereocenters. The number of halogens is 1. The van der Waals surface area contributed by atoms with Gasteiger partial charge in [-0.05, 0) is 37.2 Å². The van der Waals surface area contributed by atoms with Gasteiger partial charge in [0.1, 0.15) is 5.54 Å². The maximum absolute atomic E-state index is 11.9. The minimum atomic E-state index is -0.654. The van der Waals surface area contributed by atoms with Gasteiger partial charge in [-0.2, -0.15) is 0 Å². The van der Waals surface area contributed by atoms with E-state index in [1.807, 2.05) is 31.2 Å². The first kappa shape index (κ1) is 13.4. The molecule has 1 aromatic carbocycles. The van der Waals surface area contributed by atoms with Crippen LogP contribution in [0.5, 0.6) is 0 Å². The Hall–Kier alpha value is -1.07. The van der Waals surface area contributed by atoms with Gasteiger partial charge in [0, 0.05) is 22.6 Å². The molecule has 4 nitrogen and oxygen atoms in total. The summed E-state index contributed by atoms with van der Waals surface area (Å²) < 4.78 is 1.01. The number of benzene rings is 1. The zero-order valence-corrected chi connectivity index (χ0v) is 12.0. The summed E-state index contributed by atoms with van der Waals surface area (Å²) in [6.07, 6.45) is 0.708. The third-order valence-corrected chi connectivity index (χ3v) is 4.17. The predicted molar refractivity (Wildman–Crippen MR) is 76.3 cm³/mol. The fraction of sp³-hybridized carbons (Fsp3) is 0.462. The van der Waals surface area contributed by atoms with E-state index in [-0.39, 0.29) is 11.8 Å². The Morgan fingerprint density at radius 3 is 2.72 bits per heavy atom. The maximum atomic E-state index is 11.9. The highest BCUT2D eigenvalue weighted by Crippen LogP contribution is 2.29. The average molecular weight is 312 g/mol. The van der Waals surface area contributed by atoms with Gasteiger partial charge in [0.05, 0.1) is 0 Å². The van der Waals surface area contributed by atoms with E-state index in [0.717, 1.165) is 23.2 Å². The Kier molecular flexibility index (Phi) is 3.92. The SMILES string of the molecule is CC1CNCCC1(Nc1ccc(Br)cc1)C(N)=O. The summed E-state index contributed by atoms with van der Waals surface area (Å²) >= 11 is 3.40. The first-order valence-corrected chi connectivity index (χ1v) is 6.88. The van der Waals surface area contributed by atoms with Gasteiger partial charge in [-0.25, -0.2) is 0 Å². The number of nitrogens with one attached hydrogen (secondary N) is 2. The van der Waals surface area contributed by atoms with Crippen LogP contribution in [0.15, 0.2) is 28.7 Å². The van der Waals surface area contributed by atoms with Crippen molar-refractivity contribution in [2.75, 3.05) is 18.4 Å². The van der Waals surface area contributed by atoms with Crippen LogP contribution in [-0.4, -0.2) is 24.5 Å². The van der Waals surface area contributed by atoms with E-state index in [4.69, 9.17) is 5.73 Å². The molecule has 0 spiro atoms. The van der Waals surface area contributed by atoms with Gasteiger partial charge < -0.3 is 16.4 Å². The van der Waals surface area contributed by atoms with Crippen molar-refractivity contribution >= 4 is 27.5 Å². The minimum absolute atomic E-state index is 0.160. The summed E-state index contributed by atoms with van der Waals surface area (Å²) in [5.74, 6) is -0.119. The van der Waals surface area contributed by atoms with Crippen LogP contribution in [0.2, 0.25) is 0 Å². The third kappa shape index (κ3) is 2.52. The van der Waals surface area contributed by atoms with Gasteiger partial charge in [-0.1, -0.05) is 22.9 Å². The molecule has 1 heterocycles. The molecular weight excluding hydrogens is 294 g/mol. The normalized spacial score (nSPS) is 27.8. The zero-order chi connectivity index (χ0) is 13.2. The van der Waals surface area contributed by atoms with Crippen molar-refractivity contribution in [3.63, 3.8) is 0 Å². The molecule has 0 saturated carbocycles. The fourth-order valence-corrected chi connectivity index (χ4v) is 2.69. The Morgan fingerprint density at radius 2 is 2.17 bits per heavy atom. The second kappa shape index (κ2) is 5.28. The monoisotopic (exact) mass is 311 g/mol. The van der Waals surface area contributed by atoms with Crippen molar-refractivity contribution in [2.24, 2.45) is 11.7 Å². The highest BCUT2D eigenvalue weighted by atomic mass is 79.9. The van der Waals surface area contributed by atoms with E-state index in [1.54, 1.807) is 0 Å². The molecule has 0 aliphatic carbocycles. The quantitative estimate of drug-likeness (QED) is 0.796. The molecule has 4 N–H and O–H groups in total. The summed E-state index contributed by atoms with van der Waals surface area (Å²) in [4.78, 5) is 11.9. The van der Waals surface area contributed by atoms with Crippen LogP contribution in [0.25, 0.3) is 0 Å². The first-order valence-electron chi connectivity index (χ1n) is 6.09. The second-order valence-corrected chi connectivity index (χ2v) is 5.74. The molecule has 0 aromatic heterocycles. The summed E-state index contributed by atoms with van der Waals surface area (Å²) in [5, 5.41) is 6.62. The van der Waals surface area contributed by atoms with Crippen molar-refractivity contribution in [1.82, 2.24) is 5.32 Å². The molecular formula is C13H18BrN3O. The molecule has 2 rings (SSSR count). The molecule has 1 aliphatic rings. The third-order valence-electron chi connectivity index (χ3n) is 3.64. The molecule has 2 unspecified atom stereocenters. The number of piperidine rings is 1. The topological polar surface area (TPSA) is 67.2 Å². The lowest BCUT2D eigenvalue weighted by Gasteiger charge is -2.41. The number of carbonyl (C=O) groups excluding carboxylic acids is 1. The number of hydrogen-bond donors (Lipinski definition) is 3. The van der Waals surface area contributed by atoms with E-state index >= 15 is 0 Å². The average Bonchev–Trinajstić information content (AvgIpc) is 2.35. The lowest BCUT2D eigenvalue weighted by molar-refractivity contribution is -0.124. The van der Waals surface area contributed by atoms with Gasteiger partial charge in [0.15, 0.2) is 0 Å². The van der Waals surface area contributed by atoms with Crippen molar-refractivity contribution in [2.45, 2.75) is 18.9 Å². The molecule has 5 heteroatoms. The van der Waals surface area contributed by atoms with Gasteiger partial charge in [-0.15, -0.1) is 0 Å². The predicted octanol–water partition coefficient (Wildman–Crippen LogP) is 1.71. The molecule has 0 radical (unpaired) electrons. The number of amides is 1. The van der Waals surface area contributed by atoms with E-state index in [0.29, 0.717) is 6.42 Å². The van der Waals surface area contributed by atoms with Crippen LogP contribution in [0.4, 0.5) is 5.69 Å². The summed E-state index contributed by atoms with van der Waals surface area (Å²) in [6.45, 7) is 3.64. The molecule has 1 amide bonds. The van der Waals surface area contributed by atoms with Crippen molar-refractivity contribution in [1.29, 1.82) is 0 Å². The highest BCUT2D eigenvalue weighted by Gasteiger charge is 2.43. The summed E-state index contributed by atoms with van der Waals surface area (Å²) in [5.41, 5.74) is 5.90. The molecule has 1 aliphatic heterocycles. The van der Waals surface area contributed by atoms with Crippen LogP contribution in [0, 0.1) is 5.92 Å². The van der Waals surface area contributed by atoms with Crippen molar-refractivity contribution < 1.29 is 4.79 Å². The molecule has 98 valence electrons. The number of rotatable bonds is 3. The number of nitrogens with two attached hydrogens (primary N) is 1. The van der Waals surface area contributed by atoms with Crippen LogP contribution in [-0.2, 0) is 4.79 Å². The van der Waals surface area contributed by atoms with E-state index < -0.39 is 5.54 Å². The van der Waals surface area contributed by atoms with Crippen LogP contribution in [0.3, 0.4) is 0 Å². The fourth-order valence-electron chi connectivity index (χ4n) is 2.43. The van der Waals surface area contributed by atoms with Crippen LogP contribution < -0.4 is 16.4 Å². The Balaban J connectivity index is 2.25. The largest absolute Gasteiger partial charge is 0.371 e. The second-order valence-electron chi connectivity index (χ2n) is 4.82. The van der Waals surface area contributed by atoms with Gasteiger partial charge in [0.25, 0.3) is 0 Å². The molecule has 0 bridgehead atoms. The van der Waals surface area contributed by atoms with Crippen molar-refractivity contribution in [3.05, 3.63) is 28.7 Å². The Labute approximate surface area is 115 Å². The standard InChI is InChI=1S/C13H18BrN3O/c1-9-8-16-7-6-13(9,12(15)18)17-11-4-2-10(14)3-5-11/h2-5,9,16-17H,6-8H2,1H3,(H2,15,18). The highest BCUT2D eigenvalue weighted by molar-refractivity contribution is 9.10. The molecule has 18 heavy (non-hydrogen) atoms. The van der Waals surface area contributed by atoms with Crippen molar-refractivity contribution in [3.8, 4) is 0 Å². The minimum Gasteiger partial charge on any atom is -0.371 e. The first-order chi connectivity index (χ1) is 8.54. The molecule has 1 saturated heterocycles. The van der Waals surface area contributed by atoms with Gasteiger partial charge in [0.2, 0.25) is 5.91 Å². The number of carbonyl (C=O) groups is 1. The van der Waals surface area contributed by atoms with E-state index in [9.17, 15) is 4.79 Å². The number of primary amides is 1. The van der Waals surface area contributed by atoms with Gasteiger partial charge >= 0.3 is 0 Å². The Bertz CT molecular complexity index is 434. The van der Waals surface area contributed by atoms with Crippen LogP contribution >= 0.6 is 15.9 Å².